The summed E-state index contributed by atoms with van der Waals surface area (Å²) in [6.07, 6.45) is 2.61. The highest BCUT2D eigenvalue weighted by atomic mass is 35.5. The quantitative estimate of drug-likeness (QED) is 0.242. The van der Waals surface area contributed by atoms with Crippen LogP contribution in [-0.4, -0.2) is 73.2 Å². The number of carbonyl (C=O) groups is 2. The van der Waals surface area contributed by atoms with Crippen LogP contribution in [0.15, 0.2) is 66.2 Å². The molecule has 1 saturated heterocycles. The maximum atomic E-state index is 14.6. The molecular formula is C36H39Cl2N3O5. The van der Waals surface area contributed by atoms with Crippen LogP contribution in [0.25, 0.3) is 5.57 Å². The molecule has 2 fully saturated rings. The first kappa shape index (κ1) is 32.2. The molecule has 242 valence electrons. The summed E-state index contributed by atoms with van der Waals surface area (Å²) in [5, 5.41) is 4.59. The van der Waals surface area contributed by atoms with Gasteiger partial charge in [-0.25, -0.2) is 0 Å². The molecule has 1 saturated carbocycles. The number of fused-ring (bicyclic) bond motifs is 2. The molecule has 2 atom stereocenters. The Hall–Kier alpha value is -3.72. The zero-order chi connectivity index (χ0) is 32.4. The van der Waals surface area contributed by atoms with Gasteiger partial charge in [-0.15, -0.1) is 0 Å². The van der Waals surface area contributed by atoms with Gasteiger partial charge < -0.3 is 29.3 Å². The van der Waals surface area contributed by atoms with Crippen LogP contribution in [-0.2, 0) is 16.1 Å². The molecule has 8 nitrogen and oxygen atoms in total. The van der Waals surface area contributed by atoms with Gasteiger partial charge in [0.25, 0.3) is 5.91 Å². The lowest BCUT2D eigenvalue weighted by molar-refractivity contribution is -0.132. The first-order chi connectivity index (χ1) is 22.2. The van der Waals surface area contributed by atoms with Crippen LogP contribution in [0.3, 0.4) is 0 Å². The van der Waals surface area contributed by atoms with E-state index in [9.17, 15) is 9.59 Å². The molecule has 46 heavy (non-hydrogen) atoms. The number of methoxy groups -OCH3 is 1. The average molecular weight is 665 g/mol. The summed E-state index contributed by atoms with van der Waals surface area (Å²) in [5.74, 6) is 1.95. The standard InChI is InChI=1S/C36H39Cl2N3O5/c1-22-15-31(37)35(32(38)16-22)46-14-13-45-28-11-7-25(8-12-28)30-18-26-20-40(23(2)42)21-33(39-26)34(30)36(43)41(27-9-10-27)19-24-5-4-6-29(17-24)44-3/h4-8,11-12,15-17,26-27,33,39H,9-10,13-14,18-21H2,1-3H3/t26-,33-/m1/s1. The molecule has 0 radical (unpaired) electrons. The van der Waals surface area contributed by atoms with Crippen molar-refractivity contribution in [3.8, 4) is 17.2 Å². The molecule has 2 aliphatic heterocycles. The highest BCUT2D eigenvalue weighted by Gasteiger charge is 2.43. The normalized spacial score (nSPS) is 19.1. The van der Waals surface area contributed by atoms with Gasteiger partial charge in [0.2, 0.25) is 5.91 Å². The fraction of sp³-hybridized carbons (Fsp3) is 0.389. The van der Waals surface area contributed by atoms with E-state index < -0.39 is 0 Å². The number of nitrogens with zero attached hydrogens (tertiary/aromatic N) is 2. The van der Waals surface area contributed by atoms with E-state index in [2.05, 4.69) is 5.32 Å². The van der Waals surface area contributed by atoms with Crippen LogP contribution in [0.4, 0.5) is 0 Å². The maximum Gasteiger partial charge on any atom is 0.252 e. The molecule has 3 aromatic carbocycles. The fourth-order valence-electron chi connectivity index (χ4n) is 6.38. The molecule has 0 aromatic heterocycles. The summed E-state index contributed by atoms with van der Waals surface area (Å²) in [6, 6.07) is 19.4. The number of amides is 2. The highest BCUT2D eigenvalue weighted by Crippen LogP contribution is 2.38. The Morgan fingerprint density at radius 1 is 0.957 bits per heavy atom. The smallest absolute Gasteiger partial charge is 0.252 e. The Morgan fingerprint density at radius 2 is 1.67 bits per heavy atom. The Labute approximate surface area is 280 Å². The number of aryl methyl sites for hydroxylation is 1. The number of piperazine rings is 1. The van der Waals surface area contributed by atoms with Gasteiger partial charge in [-0.1, -0.05) is 47.5 Å². The zero-order valence-corrected chi connectivity index (χ0v) is 27.9. The minimum absolute atomic E-state index is 0.0209. The van der Waals surface area contributed by atoms with E-state index in [1.54, 1.807) is 14.0 Å². The summed E-state index contributed by atoms with van der Waals surface area (Å²) >= 11 is 12.6. The van der Waals surface area contributed by atoms with Crippen molar-refractivity contribution >= 4 is 40.6 Å². The third-order valence-electron chi connectivity index (χ3n) is 8.76. The minimum atomic E-state index is -0.251. The maximum absolute atomic E-state index is 14.6. The van der Waals surface area contributed by atoms with Gasteiger partial charge in [-0.05, 0) is 84.8 Å². The van der Waals surface area contributed by atoms with Crippen molar-refractivity contribution in [1.82, 2.24) is 15.1 Å². The number of rotatable bonds is 11. The van der Waals surface area contributed by atoms with Crippen molar-refractivity contribution < 1.29 is 23.8 Å². The van der Waals surface area contributed by atoms with E-state index in [0.29, 0.717) is 54.2 Å². The third kappa shape index (κ3) is 7.30. The van der Waals surface area contributed by atoms with Gasteiger partial charge in [0.1, 0.15) is 24.7 Å². The molecule has 2 amide bonds. The van der Waals surface area contributed by atoms with E-state index >= 15 is 0 Å². The second kappa shape index (κ2) is 14.0. The molecule has 2 bridgehead atoms. The highest BCUT2D eigenvalue weighted by molar-refractivity contribution is 6.37. The van der Waals surface area contributed by atoms with Gasteiger partial charge in [0.15, 0.2) is 5.75 Å². The molecule has 10 heteroatoms. The second-order valence-corrected chi connectivity index (χ2v) is 13.0. The summed E-state index contributed by atoms with van der Waals surface area (Å²) in [5.41, 5.74) is 4.73. The van der Waals surface area contributed by atoms with E-state index in [-0.39, 0.29) is 36.5 Å². The summed E-state index contributed by atoms with van der Waals surface area (Å²) < 4.78 is 17.2. The topological polar surface area (TPSA) is 80.3 Å². The summed E-state index contributed by atoms with van der Waals surface area (Å²) in [6.45, 7) is 5.68. The van der Waals surface area contributed by atoms with Crippen molar-refractivity contribution in [3.05, 3.63) is 93.0 Å². The summed E-state index contributed by atoms with van der Waals surface area (Å²) in [4.78, 5) is 30.8. The van der Waals surface area contributed by atoms with Gasteiger partial charge >= 0.3 is 0 Å². The predicted octanol–water partition coefficient (Wildman–Crippen LogP) is 6.31. The number of halogens is 2. The van der Waals surface area contributed by atoms with Gasteiger partial charge in [0.05, 0.1) is 23.2 Å². The van der Waals surface area contributed by atoms with Crippen LogP contribution in [0.2, 0.25) is 10.0 Å². The Kier molecular flexibility index (Phi) is 9.78. The molecular weight excluding hydrogens is 625 g/mol. The predicted molar refractivity (Wildman–Crippen MR) is 180 cm³/mol. The average Bonchev–Trinajstić information content (AvgIpc) is 3.88. The van der Waals surface area contributed by atoms with Gasteiger partial charge in [-0.2, -0.15) is 0 Å². The van der Waals surface area contributed by atoms with Gasteiger partial charge in [-0.3, -0.25) is 9.59 Å². The Morgan fingerprint density at radius 3 is 2.35 bits per heavy atom. The van der Waals surface area contributed by atoms with Crippen LogP contribution in [0.5, 0.6) is 17.2 Å². The van der Waals surface area contributed by atoms with Crippen LogP contribution in [0, 0.1) is 6.92 Å². The van der Waals surface area contributed by atoms with Crippen LogP contribution < -0.4 is 19.5 Å². The lowest BCUT2D eigenvalue weighted by Gasteiger charge is -2.44. The first-order valence-electron chi connectivity index (χ1n) is 15.7. The number of nitrogens with one attached hydrogen (secondary N) is 1. The van der Waals surface area contributed by atoms with E-state index in [1.807, 2.05) is 77.4 Å². The SMILES string of the molecule is COc1cccc(CN(C(=O)C2=C(c3ccc(OCCOc4c(Cl)cc(C)cc4Cl)cc3)C[C@@H]3CN(C(C)=O)C[C@H]2N3)C2CC2)c1. The largest absolute Gasteiger partial charge is 0.497 e. The lowest BCUT2D eigenvalue weighted by atomic mass is 9.82. The number of benzene rings is 3. The first-order valence-corrected chi connectivity index (χ1v) is 16.5. The number of carbonyl (C=O) groups excluding carboxylic acids is 2. The van der Waals surface area contributed by atoms with E-state index in [0.717, 1.165) is 46.4 Å². The minimum Gasteiger partial charge on any atom is -0.497 e. The van der Waals surface area contributed by atoms with Crippen molar-refractivity contribution in [2.45, 2.75) is 57.8 Å². The molecule has 0 unspecified atom stereocenters. The molecule has 3 aromatic rings. The molecule has 1 N–H and O–H groups in total. The van der Waals surface area contributed by atoms with Crippen molar-refractivity contribution in [2.24, 2.45) is 0 Å². The van der Waals surface area contributed by atoms with Gasteiger partial charge in [0, 0.05) is 44.2 Å². The number of hydrogen-bond acceptors (Lipinski definition) is 6. The number of ether oxygens (including phenoxy) is 3. The Balaban J connectivity index is 1.22. The molecule has 3 aliphatic rings. The monoisotopic (exact) mass is 663 g/mol. The Bertz CT molecular complexity index is 1620. The van der Waals surface area contributed by atoms with E-state index in [4.69, 9.17) is 37.4 Å². The fourth-order valence-corrected chi connectivity index (χ4v) is 7.08. The second-order valence-electron chi connectivity index (χ2n) is 12.2. The van der Waals surface area contributed by atoms with Crippen molar-refractivity contribution in [3.63, 3.8) is 0 Å². The third-order valence-corrected chi connectivity index (χ3v) is 9.32. The molecule has 6 rings (SSSR count). The molecule has 0 spiro atoms. The lowest BCUT2D eigenvalue weighted by Crippen LogP contribution is -2.61. The van der Waals surface area contributed by atoms with Crippen molar-refractivity contribution in [1.29, 1.82) is 0 Å². The van der Waals surface area contributed by atoms with Crippen LogP contribution in [0.1, 0.15) is 42.9 Å². The van der Waals surface area contributed by atoms with Crippen LogP contribution >= 0.6 is 23.2 Å². The summed E-state index contributed by atoms with van der Waals surface area (Å²) in [7, 11) is 1.65. The van der Waals surface area contributed by atoms with E-state index in [1.165, 1.54) is 0 Å². The molecule has 2 heterocycles. The number of hydrogen-bond donors (Lipinski definition) is 1. The zero-order valence-electron chi connectivity index (χ0n) is 26.4. The van der Waals surface area contributed by atoms with Crippen molar-refractivity contribution in [2.75, 3.05) is 33.4 Å². The molecule has 1 aliphatic carbocycles.